The van der Waals surface area contributed by atoms with E-state index < -0.39 is 16.0 Å². The van der Waals surface area contributed by atoms with Crippen molar-refractivity contribution in [1.29, 1.82) is 0 Å². The van der Waals surface area contributed by atoms with Crippen LogP contribution in [0.3, 0.4) is 0 Å². The van der Waals surface area contributed by atoms with Gasteiger partial charge in [0.15, 0.2) is 0 Å². The lowest BCUT2D eigenvalue weighted by Crippen LogP contribution is -2.16. The zero-order valence-corrected chi connectivity index (χ0v) is 14.3. The molecule has 0 fully saturated rings. The number of sulfonamides is 1. The van der Waals surface area contributed by atoms with E-state index in [1.54, 1.807) is 11.5 Å². The largest absolute Gasteiger partial charge is 0.478 e. The Kier molecular flexibility index (Phi) is 4.32. The van der Waals surface area contributed by atoms with Crippen molar-refractivity contribution in [2.75, 3.05) is 0 Å². The number of primary sulfonamides is 1. The number of aromatic carboxylic acids is 1. The molecule has 8 heteroatoms. The molecule has 0 unspecified atom stereocenters. The zero-order chi connectivity index (χ0) is 18.2. The van der Waals surface area contributed by atoms with Crippen LogP contribution in [-0.4, -0.2) is 29.0 Å². The first-order valence-electron chi connectivity index (χ1n) is 7.58. The van der Waals surface area contributed by atoms with E-state index in [1.165, 1.54) is 6.07 Å². The topological polar surface area (TPSA) is 115 Å². The second-order valence-corrected chi connectivity index (χ2v) is 7.27. The Morgan fingerprint density at radius 3 is 2.52 bits per heavy atom. The summed E-state index contributed by atoms with van der Waals surface area (Å²) in [7, 11) is -4.10. The first-order chi connectivity index (χ1) is 11.8. The molecule has 1 heterocycles. The molecule has 3 N–H and O–H groups in total. The standard InChI is InChI=1S/C17H17N3O4S/c1-11-19-14-9-13(17(21)22)10-15(25(18,23)24)16(14)20(11)8-7-12-5-3-2-4-6-12/h2-6,9-10H,7-8H2,1H3,(H,21,22)(H2,18,23,24). The molecule has 0 saturated carbocycles. The van der Waals surface area contributed by atoms with E-state index in [9.17, 15) is 18.3 Å². The molecule has 25 heavy (non-hydrogen) atoms. The molecular weight excluding hydrogens is 342 g/mol. The monoisotopic (exact) mass is 359 g/mol. The zero-order valence-electron chi connectivity index (χ0n) is 13.5. The van der Waals surface area contributed by atoms with Gasteiger partial charge >= 0.3 is 5.97 Å². The van der Waals surface area contributed by atoms with E-state index in [0.717, 1.165) is 11.6 Å². The molecule has 0 bridgehead atoms. The highest BCUT2D eigenvalue weighted by molar-refractivity contribution is 7.89. The maximum Gasteiger partial charge on any atom is 0.335 e. The van der Waals surface area contributed by atoms with Crippen LogP contribution in [0.5, 0.6) is 0 Å². The van der Waals surface area contributed by atoms with E-state index >= 15 is 0 Å². The summed E-state index contributed by atoms with van der Waals surface area (Å²) in [5.74, 6) is -0.637. The Labute approximate surface area is 144 Å². The summed E-state index contributed by atoms with van der Waals surface area (Å²) in [6, 6.07) is 12.2. The second kappa shape index (κ2) is 6.30. The van der Waals surface area contributed by atoms with Crippen molar-refractivity contribution in [2.45, 2.75) is 24.8 Å². The van der Waals surface area contributed by atoms with Gasteiger partial charge in [0.05, 0.1) is 16.6 Å². The van der Waals surface area contributed by atoms with Crippen molar-refractivity contribution in [3.05, 3.63) is 59.4 Å². The SMILES string of the molecule is Cc1nc2cc(C(=O)O)cc(S(N)(=O)=O)c2n1CCc1ccccc1. The molecule has 130 valence electrons. The van der Waals surface area contributed by atoms with Gasteiger partial charge in [-0.3, -0.25) is 0 Å². The van der Waals surface area contributed by atoms with Gasteiger partial charge in [0.2, 0.25) is 10.0 Å². The first kappa shape index (κ1) is 17.1. The summed E-state index contributed by atoms with van der Waals surface area (Å²) >= 11 is 0. The van der Waals surface area contributed by atoms with Crippen LogP contribution in [0.1, 0.15) is 21.7 Å². The number of hydrogen-bond acceptors (Lipinski definition) is 4. The summed E-state index contributed by atoms with van der Waals surface area (Å²) in [5.41, 5.74) is 1.57. The van der Waals surface area contributed by atoms with Crippen LogP contribution < -0.4 is 5.14 Å². The third kappa shape index (κ3) is 3.40. The predicted octanol–water partition coefficient (Wildman–Crippen LogP) is 1.93. The minimum absolute atomic E-state index is 0.163. The van der Waals surface area contributed by atoms with Crippen molar-refractivity contribution in [3.63, 3.8) is 0 Å². The number of aromatic nitrogens is 2. The number of carboxylic acid groups (broad SMARTS) is 1. The number of nitrogens with two attached hydrogens (primary N) is 1. The highest BCUT2D eigenvalue weighted by atomic mass is 32.2. The predicted molar refractivity (Wildman–Crippen MR) is 92.9 cm³/mol. The number of hydrogen-bond donors (Lipinski definition) is 2. The van der Waals surface area contributed by atoms with Crippen LogP contribution in [0, 0.1) is 6.92 Å². The van der Waals surface area contributed by atoms with Crippen molar-refractivity contribution >= 4 is 27.0 Å². The van der Waals surface area contributed by atoms with Gasteiger partial charge in [0.25, 0.3) is 0 Å². The van der Waals surface area contributed by atoms with Crippen LogP contribution in [0.4, 0.5) is 0 Å². The van der Waals surface area contributed by atoms with Gasteiger partial charge in [-0.05, 0) is 31.0 Å². The van der Waals surface area contributed by atoms with Crippen molar-refractivity contribution in [2.24, 2.45) is 5.14 Å². The minimum Gasteiger partial charge on any atom is -0.478 e. The molecule has 0 saturated heterocycles. The molecular formula is C17H17N3O4S. The average Bonchev–Trinajstić information content (AvgIpc) is 2.87. The fourth-order valence-corrected chi connectivity index (χ4v) is 3.62. The molecule has 0 aliphatic rings. The van der Waals surface area contributed by atoms with Crippen molar-refractivity contribution in [1.82, 2.24) is 9.55 Å². The lowest BCUT2D eigenvalue weighted by molar-refractivity contribution is 0.0697. The highest BCUT2D eigenvalue weighted by Crippen LogP contribution is 2.26. The van der Waals surface area contributed by atoms with E-state index in [2.05, 4.69) is 4.98 Å². The van der Waals surface area contributed by atoms with E-state index in [1.807, 2.05) is 30.3 Å². The van der Waals surface area contributed by atoms with Gasteiger partial charge in [0.1, 0.15) is 10.7 Å². The number of imidazole rings is 1. The molecule has 3 aromatic rings. The summed E-state index contributed by atoms with van der Waals surface area (Å²) in [4.78, 5) is 15.4. The third-order valence-corrected chi connectivity index (χ3v) is 4.94. The Balaban J connectivity index is 2.16. The van der Waals surface area contributed by atoms with E-state index in [4.69, 9.17) is 5.14 Å². The summed E-state index contributed by atoms with van der Waals surface area (Å²) in [6.45, 7) is 2.25. The molecule has 7 nitrogen and oxygen atoms in total. The maximum atomic E-state index is 12.0. The Morgan fingerprint density at radius 2 is 1.92 bits per heavy atom. The number of carbonyl (C=O) groups is 1. The van der Waals surface area contributed by atoms with Gasteiger partial charge in [0, 0.05) is 6.54 Å². The Hall–Kier alpha value is -2.71. The summed E-state index contributed by atoms with van der Waals surface area (Å²) < 4.78 is 25.8. The van der Waals surface area contributed by atoms with E-state index in [-0.39, 0.29) is 10.5 Å². The second-order valence-electron chi connectivity index (χ2n) is 5.74. The molecule has 0 aliphatic carbocycles. The van der Waals surface area contributed by atoms with Crippen LogP contribution in [0.15, 0.2) is 47.4 Å². The lowest BCUT2D eigenvalue weighted by atomic mass is 10.1. The molecule has 2 aromatic carbocycles. The molecule has 0 aliphatic heterocycles. The maximum absolute atomic E-state index is 12.0. The van der Waals surface area contributed by atoms with Gasteiger partial charge in [-0.2, -0.15) is 0 Å². The molecule has 0 radical (unpaired) electrons. The molecule has 3 rings (SSSR count). The van der Waals surface area contributed by atoms with Gasteiger partial charge in [-0.25, -0.2) is 23.3 Å². The Bertz CT molecular complexity index is 1060. The normalized spacial score (nSPS) is 11.8. The fraction of sp³-hybridized carbons (Fsp3) is 0.176. The Morgan fingerprint density at radius 1 is 1.24 bits per heavy atom. The van der Waals surface area contributed by atoms with Crippen LogP contribution >= 0.6 is 0 Å². The molecule has 0 spiro atoms. The van der Waals surface area contributed by atoms with Gasteiger partial charge < -0.3 is 9.67 Å². The average molecular weight is 359 g/mol. The van der Waals surface area contributed by atoms with Gasteiger partial charge in [-0.15, -0.1) is 0 Å². The number of rotatable bonds is 5. The fourth-order valence-electron chi connectivity index (χ4n) is 2.85. The molecule has 0 atom stereocenters. The van der Waals surface area contributed by atoms with Crippen molar-refractivity contribution < 1.29 is 18.3 Å². The number of fused-ring (bicyclic) bond motifs is 1. The summed E-state index contributed by atoms with van der Waals surface area (Å²) in [6.07, 6.45) is 0.678. The van der Waals surface area contributed by atoms with E-state index in [0.29, 0.717) is 29.8 Å². The van der Waals surface area contributed by atoms with Crippen LogP contribution in [-0.2, 0) is 23.0 Å². The van der Waals surface area contributed by atoms with Crippen LogP contribution in [0.25, 0.3) is 11.0 Å². The van der Waals surface area contributed by atoms with Crippen molar-refractivity contribution in [3.8, 4) is 0 Å². The minimum atomic E-state index is -4.10. The van der Waals surface area contributed by atoms with Gasteiger partial charge in [-0.1, -0.05) is 30.3 Å². The number of nitrogens with zero attached hydrogens (tertiary/aromatic N) is 2. The smallest absolute Gasteiger partial charge is 0.335 e. The number of benzene rings is 2. The first-order valence-corrected chi connectivity index (χ1v) is 9.13. The number of aryl methyl sites for hydroxylation is 3. The quantitative estimate of drug-likeness (QED) is 0.722. The third-order valence-electron chi connectivity index (χ3n) is 4.02. The number of carboxylic acids is 1. The van der Waals surface area contributed by atoms with Crippen LogP contribution in [0.2, 0.25) is 0 Å². The highest BCUT2D eigenvalue weighted by Gasteiger charge is 2.22. The molecule has 1 aromatic heterocycles. The molecule has 0 amide bonds. The lowest BCUT2D eigenvalue weighted by Gasteiger charge is -2.10. The summed E-state index contributed by atoms with van der Waals surface area (Å²) in [5, 5.41) is 14.5.